The molecule has 0 aliphatic carbocycles. The van der Waals surface area contributed by atoms with Crippen molar-refractivity contribution in [2.24, 2.45) is 0 Å². The van der Waals surface area contributed by atoms with Crippen molar-refractivity contribution in [3.8, 4) is 11.1 Å². The Morgan fingerprint density at radius 1 is 0.929 bits per heavy atom. The first-order valence-electron chi connectivity index (χ1n) is 9.54. The first-order chi connectivity index (χ1) is 13.7. The Morgan fingerprint density at radius 2 is 1.64 bits per heavy atom. The van der Waals surface area contributed by atoms with E-state index in [0.717, 1.165) is 54.1 Å². The van der Waals surface area contributed by atoms with Crippen LogP contribution in [0.5, 0.6) is 0 Å². The SMILES string of the molecule is Fc1ccc(NCc2nn3cc(-c4ccc(F)cc4)c4c3n2CCCC4)cc1. The number of nitrogens with zero attached hydrogens (tertiary/aromatic N) is 3. The summed E-state index contributed by atoms with van der Waals surface area (Å²) in [5, 5.41) is 8.12. The van der Waals surface area contributed by atoms with E-state index in [0.29, 0.717) is 6.54 Å². The molecular weight excluding hydrogens is 358 g/mol. The fourth-order valence-electron chi connectivity index (χ4n) is 3.99. The first-order valence-corrected chi connectivity index (χ1v) is 9.54. The van der Waals surface area contributed by atoms with Gasteiger partial charge in [-0.25, -0.2) is 13.3 Å². The van der Waals surface area contributed by atoms with Gasteiger partial charge in [0.25, 0.3) is 0 Å². The highest BCUT2D eigenvalue weighted by molar-refractivity contribution is 5.75. The summed E-state index contributed by atoms with van der Waals surface area (Å²) in [5.74, 6) is 0.480. The zero-order valence-corrected chi connectivity index (χ0v) is 15.3. The van der Waals surface area contributed by atoms with Crippen molar-refractivity contribution in [3.05, 3.63) is 77.8 Å². The van der Waals surface area contributed by atoms with Crippen LogP contribution in [0, 0.1) is 11.6 Å². The molecule has 1 aliphatic heterocycles. The molecule has 4 aromatic rings. The van der Waals surface area contributed by atoms with Crippen LogP contribution in [0.15, 0.2) is 54.7 Å². The van der Waals surface area contributed by atoms with Crippen molar-refractivity contribution >= 4 is 11.3 Å². The number of hydrogen-bond acceptors (Lipinski definition) is 2. The lowest BCUT2D eigenvalue weighted by Crippen LogP contribution is -2.09. The number of aromatic nitrogens is 3. The Balaban J connectivity index is 1.52. The van der Waals surface area contributed by atoms with E-state index in [9.17, 15) is 8.78 Å². The Bertz CT molecular complexity index is 1120. The largest absolute Gasteiger partial charge is 0.378 e. The molecule has 28 heavy (non-hydrogen) atoms. The molecule has 0 radical (unpaired) electrons. The Morgan fingerprint density at radius 3 is 2.39 bits per heavy atom. The maximum absolute atomic E-state index is 13.3. The monoisotopic (exact) mass is 378 g/mol. The minimum absolute atomic E-state index is 0.227. The molecule has 0 amide bonds. The first kappa shape index (κ1) is 17.0. The topological polar surface area (TPSA) is 34.3 Å². The third-order valence-corrected chi connectivity index (χ3v) is 5.36. The van der Waals surface area contributed by atoms with Crippen molar-refractivity contribution < 1.29 is 8.78 Å². The predicted octanol–water partition coefficient (Wildman–Crippen LogP) is 5.03. The third kappa shape index (κ3) is 2.95. The van der Waals surface area contributed by atoms with Crippen LogP contribution in [0.25, 0.3) is 16.8 Å². The fraction of sp³-hybridized carbons (Fsp3) is 0.227. The second kappa shape index (κ2) is 6.78. The number of halogens is 2. The molecule has 2 aromatic carbocycles. The van der Waals surface area contributed by atoms with Crippen molar-refractivity contribution in [2.45, 2.75) is 32.4 Å². The van der Waals surface area contributed by atoms with E-state index in [2.05, 4.69) is 9.88 Å². The van der Waals surface area contributed by atoms with Gasteiger partial charge in [0.1, 0.15) is 17.3 Å². The highest BCUT2D eigenvalue weighted by atomic mass is 19.1. The summed E-state index contributed by atoms with van der Waals surface area (Å²) in [6.07, 6.45) is 5.23. The summed E-state index contributed by atoms with van der Waals surface area (Å²) in [6, 6.07) is 13.0. The van der Waals surface area contributed by atoms with Gasteiger partial charge < -0.3 is 9.88 Å². The van der Waals surface area contributed by atoms with Gasteiger partial charge in [-0.05, 0) is 61.2 Å². The van der Waals surface area contributed by atoms with E-state index >= 15 is 0 Å². The van der Waals surface area contributed by atoms with E-state index < -0.39 is 0 Å². The zero-order valence-electron chi connectivity index (χ0n) is 15.3. The Kier molecular flexibility index (Phi) is 4.11. The van der Waals surface area contributed by atoms with Crippen LogP contribution in [-0.2, 0) is 19.5 Å². The van der Waals surface area contributed by atoms with E-state index in [-0.39, 0.29) is 11.6 Å². The minimum atomic E-state index is -0.245. The molecule has 1 N–H and O–H groups in total. The second-order valence-electron chi connectivity index (χ2n) is 7.18. The molecule has 0 unspecified atom stereocenters. The van der Waals surface area contributed by atoms with Gasteiger partial charge in [-0.1, -0.05) is 12.1 Å². The molecule has 0 atom stereocenters. The molecule has 1 aliphatic rings. The Hall–Kier alpha value is -3.15. The summed E-state index contributed by atoms with van der Waals surface area (Å²) in [4.78, 5) is 0. The maximum atomic E-state index is 13.3. The van der Waals surface area contributed by atoms with Gasteiger partial charge in [0.15, 0.2) is 5.82 Å². The molecule has 2 aromatic heterocycles. The maximum Gasteiger partial charge on any atom is 0.150 e. The predicted molar refractivity (Wildman–Crippen MR) is 105 cm³/mol. The molecule has 3 heterocycles. The van der Waals surface area contributed by atoms with E-state index in [1.165, 1.54) is 29.8 Å². The van der Waals surface area contributed by atoms with Gasteiger partial charge in [0.2, 0.25) is 0 Å². The lowest BCUT2D eigenvalue weighted by atomic mass is 10.0. The summed E-state index contributed by atoms with van der Waals surface area (Å²) < 4.78 is 30.6. The number of hydrogen-bond donors (Lipinski definition) is 1. The molecule has 0 fully saturated rings. The number of aryl methyl sites for hydroxylation is 2. The van der Waals surface area contributed by atoms with Crippen molar-refractivity contribution in [1.82, 2.24) is 14.2 Å². The highest BCUT2D eigenvalue weighted by Crippen LogP contribution is 2.33. The van der Waals surface area contributed by atoms with Gasteiger partial charge >= 0.3 is 0 Å². The van der Waals surface area contributed by atoms with Crippen LogP contribution in [0.4, 0.5) is 14.5 Å². The number of benzene rings is 2. The van der Waals surface area contributed by atoms with Gasteiger partial charge in [-0.15, -0.1) is 0 Å². The van der Waals surface area contributed by atoms with E-state index in [1.807, 2.05) is 22.8 Å². The van der Waals surface area contributed by atoms with Gasteiger partial charge in [-0.2, -0.15) is 5.10 Å². The van der Waals surface area contributed by atoms with Crippen LogP contribution in [0.3, 0.4) is 0 Å². The lowest BCUT2D eigenvalue weighted by molar-refractivity contribution is 0.618. The van der Waals surface area contributed by atoms with Crippen LogP contribution in [0.1, 0.15) is 24.2 Å². The van der Waals surface area contributed by atoms with E-state index in [4.69, 9.17) is 5.10 Å². The number of nitrogens with one attached hydrogen (secondary N) is 1. The molecule has 4 nitrogen and oxygen atoms in total. The summed E-state index contributed by atoms with van der Waals surface area (Å²) in [6.45, 7) is 1.49. The second-order valence-corrected chi connectivity index (χ2v) is 7.18. The van der Waals surface area contributed by atoms with Crippen LogP contribution in [0.2, 0.25) is 0 Å². The summed E-state index contributed by atoms with van der Waals surface area (Å²) in [5.41, 5.74) is 5.39. The zero-order chi connectivity index (χ0) is 19.1. The van der Waals surface area contributed by atoms with Crippen LogP contribution < -0.4 is 5.32 Å². The molecule has 5 rings (SSSR count). The molecular formula is C22H20F2N4. The van der Waals surface area contributed by atoms with Crippen molar-refractivity contribution in [2.75, 3.05) is 5.32 Å². The molecule has 142 valence electrons. The van der Waals surface area contributed by atoms with Crippen LogP contribution >= 0.6 is 0 Å². The molecule has 6 heteroatoms. The minimum Gasteiger partial charge on any atom is -0.378 e. The highest BCUT2D eigenvalue weighted by Gasteiger charge is 2.22. The molecule has 0 bridgehead atoms. The summed E-state index contributed by atoms with van der Waals surface area (Å²) in [7, 11) is 0. The van der Waals surface area contributed by atoms with Gasteiger partial charge in [0, 0.05) is 29.6 Å². The smallest absolute Gasteiger partial charge is 0.150 e. The molecule has 0 spiro atoms. The average Bonchev–Trinajstić information content (AvgIpc) is 3.12. The van der Waals surface area contributed by atoms with Crippen LogP contribution in [-0.4, -0.2) is 14.2 Å². The lowest BCUT2D eigenvalue weighted by Gasteiger charge is -2.09. The van der Waals surface area contributed by atoms with Gasteiger partial charge in [-0.3, -0.25) is 0 Å². The average molecular weight is 378 g/mol. The van der Waals surface area contributed by atoms with Gasteiger partial charge in [0.05, 0.1) is 6.54 Å². The number of rotatable bonds is 4. The van der Waals surface area contributed by atoms with Crippen molar-refractivity contribution in [3.63, 3.8) is 0 Å². The van der Waals surface area contributed by atoms with E-state index in [1.54, 1.807) is 12.1 Å². The summed E-state index contributed by atoms with van der Waals surface area (Å²) >= 11 is 0. The van der Waals surface area contributed by atoms with Crippen molar-refractivity contribution in [1.29, 1.82) is 0 Å². The Labute approximate surface area is 161 Å². The standard InChI is InChI=1S/C22H20F2N4/c23-16-6-4-15(5-7-16)20-14-28-22-19(20)3-1-2-12-27(22)21(26-28)13-25-18-10-8-17(24)9-11-18/h4-11,14,25H,1-3,12-13H2. The molecule has 0 saturated carbocycles. The fourth-order valence-corrected chi connectivity index (χ4v) is 3.99. The molecule has 0 saturated heterocycles. The quantitative estimate of drug-likeness (QED) is 0.540. The number of anilines is 1. The normalized spacial score (nSPS) is 13.6. The third-order valence-electron chi connectivity index (χ3n) is 5.36.